The second-order valence-corrected chi connectivity index (χ2v) is 6.06. The summed E-state index contributed by atoms with van der Waals surface area (Å²) in [6, 6.07) is 13.8. The summed E-state index contributed by atoms with van der Waals surface area (Å²) in [6.07, 6.45) is 6.67. The summed E-state index contributed by atoms with van der Waals surface area (Å²) in [6.45, 7) is 0. The molecule has 0 aliphatic heterocycles. The zero-order chi connectivity index (χ0) is 19.5. The Bertz CT molecular complexity index is 1090. The van der Waals surface area contributed by atoms with Gasteiger partial charge in [-0.15, -0.1) is 0 Å². The van der Waals surface area contributed by atoms with Crippen molar-refractivity contribution in [1.82, 2.24) is 14.3 Å². The molecule has 3 heterocycles. The molecule has 4 aromatic rings. The second-order valence-electron chi connectivity index (χ2n) is 6.06. The van der Waals surface area contributed by atoms with Crippen molar-refractivity contribution in [2.75, 3.05) is 10.6 Å². The Morgan fingerprint density at radius 2 is 1.57 bits per heavy atom. The van der Waals surface area contributed by atoms with Gasteiger partial charge in [0.25, 0.3) is 11.8 Å². The molecule has 1 aromatic carbocycles. The lowest BCUT2D eigenvalue weighted by molar-refractivity contribution is 0.0994. The molecule has 28 heavy (non-hydrogen) atoms. The molecule has 2 amide bonds. The van der Waals surface area contributed by atoms with Crippen molar-refractivity contribution in [3.63, 3.8) is 0 Å². The predicted octanol–water partition coefficient (Wildman–Crippen LogP) is 3.31. The number of carbonyl (C=O) groups is 2. The summed E-state index contributed by atoms with van der Waals surface area (Å²) in [4.78, 5) is 24.7. The first-order chi connectivity index (χ1) is 13.6. The maximum Gasteiger partial charge on any atom is 0.291 e. The highest BCUT2D eigenvalue weighted by Crippen LogP contribution is 2.18. The molecule has 0 saturated heterocycles. The average Bonchev–Trinajstić information content (AvgIpc) is 3.44. The number of benzene rings is 1. The predicted molar refractivity (Wildman–Crippen MR) is 104 cm³/mol. The van der Waals surface area contributed by atoms with Crippen LogP contribution in [0, 0.1) is 0 Å². The minimum absolute atomic E-state index is 0.228. The number of hydrogen-bond acceptors (Lipinski definition) is 4. The average molecular weight is 375 g/mol. The minimum Gasteiger partial charge on any atom is -0.459 e. The maximum absolute atomic E-state index is 12.7. The first kappa shape index (κ1) is 17.3. The molecule has 0 radical (unpaired) electrons. The normalized spacial score (nSPS) is 10.6. The fraction of sp³-hybridized carbons (Fsp3) is 0.0500. The van der Waals surface area contributed by atoms with Crippen molar-refractivity contribution >= 4 is 23.2 Å². The van der Waals surface area contributed by atoms with E-state index in [0.29, 0.717) is 22.8 Å². The van der Waals surface area contributed by atoms with Crippen LogP contribution in [0.3, 0.4) is 0 Å². The lowest BCUT2D eigenvalue weighted by Gasteiger charge is -2.09. The van der Waals surface area contributed by atoms with Crippen molar-refractivity contribution in [3.8, 4) is 5.82 Å². The molecule has 0 atom stereocenters. The molecule has 8 heteroatoms. The van der Waals surface area contributed by atoms with Gasteiger partial charge in [-0.05, 0) is 48.5 Å². The molecule has 0 aliphatic rings. The van der Waals surface area contributed by atoms with Gasteiger partial charge in [0.05, 0.1) is 12.5 Å². The molecular weight excluding hydrogens is 358 g/mol. The van der Waals surface area contributed by atoms with E-state index in [2.05, 4.69) is 15.7 Å². The SMILES string of the molecule is Cn1ncc(C(=O)Nc2ccc(NC(=O)c3ccco3)cc2)c1-n1cccc1. The number of aromatic nitrogens is 3. The highest BCUT2D eigenvalue weighted by atomic mass is 16.3. The molecule has 8 nitrogen and oxygen atoms in total. The minimum atomic E-state index is -0.339. The van der Waals surface area contributed by atoms with Crippen LogP contribution in [-0.2, 0) is 7.05 Å². The van der Waals surface area contributed by atoms with Crippen LogP contribution in [0.5, 0.6) is 0 Å². The summed E-state index contributed by atoms with van der Waals surface area (Å²) in [5, 5.41) is 9.76. The summed E-state index contributed by atoms with van der Waals surface area (Å²) < 4.78 is 8.53. The zero-order valence-corrected chi connectivity index (χ0v) is 15.0. The number of amides is 2. The number of aryl methyl sites for hydroxylation is 1. The molecule has 3 aromatic heterocycles. The lowest BCUT2D eigenvalue weighted by atomic mass is 10.2. The Morgan fingerprint density at radius 3 is 2.18 bits per heavy atom. The fourth-order valence-electron chi connectivity index (χ4n) is 2.81. The number of carbonyl (C=O) groups excluding carboxylic acids is 2. The van der Waals surface area contributed by atoms with E-state index < -0.39 is 0 Å². The van der Waals surface area contributed by atoms with Crippen molar-refractivity contribution in [2.45, 2.75) is 0 Å². The number of anilines is 2. The van der Waals surface area contributed by atoms with Gasteiger partial charge in [0, 0.05) is 30.8 Å². The lowest BCUT2D eigenvalue weighted by Crippen LogP contribution is -2.15. The van der Waals surface area contributed by atoms with Crippen molar-refractivity contribution in [2.24, 2.45) is 7.05 Å². The summed E-state index contributed by atoms with van der Waals surface area (Å²) in [5.41, 5.74) is 1.64. The van der Waals surface area contributed by atoms with Crippen molar-refractivity contribution < 1.29 is 14.0 Å². The van der Waals surface area contributed by atoms with E-state index in [1.54, 1.807) is 48.1 Å². The van der Waals surface area contributed by atoms with E-state index in [0.717, 1.165) is 0 Å². The van der Waals surface area contributed by atoms with E-state index in [-0.39, 0.29) is 17.6 Å². The quantitative estimate of drug-likeness (QED) is 0.560. The monoisotopic (exact) mass is 375 g/mol. The van der Waals surface area contributed by atoms with Gasteiger partial charge < -0.3 is 19.6 Å². The van der Waals surface area contributed by atoms with Crippen molar-refractivity contribution in [1.29, 1.82) is 0 Å². The number of furan rings is 1. The number of nitrogens with one attached hydrogen (secondary N) is 2. The molecule has 0 unspecified atom stereocenters. The van der Waals surface area contributed by atoms with Crippen LogP contribution in [-0.4, -0.2) is 26.2 Å². The van der Waals surface area contributed by atoms with Gasteiger partial charge in [-0.1, -0.05) is 0 Å². The van der Waals surface area contributed by atoms with Gasteiger partial charge in [0.2, 0.25) is 0 Å². The number of rotatable bonds is 5. The highest BCUT2D eigenvalue weighted by Gasteiger charge is 2.17. The van der Waals surface area contributed by atoms with Gasteiger partial charge in [-0.2, -0.15) is 5.10 Å². The highest BCUT2D eigenvalue weighted by molar-refractivity contribution is 6.06. The van der Waals surface area contributed by atoms with Gasteiger partial charge in [-0.3, -0.25) is 14.3 Å². The van der Waals surface area contributed by atoms with Crippen LogP contribution in [0.4, 0.5) is 11.4 Å². The molecule has 4 rings (SSSR count). The van der Waals surface area contributed by atoms with E-state index in [1.807, 2.05) is 29.1 Å². The molecule has 0 aliphatic carbocycles. The molecular formula is C20H17N5O3. The van der Waals surface area contributed by atoms with Crippen molar-refractivity contribution in [3.05, 3.63) is 84.7 Å². The third-order valence-corrected chi connectivity index (χ3v) is 4.15. The molecule has 2 N–H and O–H groups in total. The van der Waals surface area contributed by atoms with Gasteiger partial charge in [-0.25, -0.2) is 0 Å². The molecule has 0 spiro atoms. The molecule has 140 valence electrons. The van der Waals surface area contributed by atoms with E-state index in [9.17, 15) is 9.59 Å². The van der Waals surface area contributed by atoms with Crippen LogP contribution in [0.1, 0.15) is 20.9 Å². The van der Waals surface area contributed by atoms with E-state index >= 15 is 0 Å². The van der Waals surface area contributed by atoms with Gasteiger partial charge in [0.1, 0.15) is 11.4 Å². The van der Waals surface area contributed by atoms with Crippen LogP contribution < -0.4 is 10.6 Å². The third-order valence-electron chi connectivity index (χ3n) is 4.15. The third kappa shape index (κ3) is 3.43. The Kier molecular flexibility index (Phi) is 4.51. The summed E-state index contributed by atoms with van der Waals surface area (Å²) in [7, 11) is 1.78. The summed E-state index contributed by atoms with van der Waals surface area (Å²) >= 11 is 0. The second kappa shape index (κ2) is 7.28. The van der Waals surface area contributed by atoms with Gasteiger partial charge >= 0.3 is 0 Å². The van der Waals surface area contributed by atoms with Gasteiger partial charge in [0.15, 0.2) is 5.76 Å². The van der Waals surface area contributed by atoms with E-state index in [1.165, 1.54) is 12.5 Å². The number of nitrogens with zero attached hydrogens (tertiary/aromatic N) is 3. The first-order valence-corrected chi connectivity index (χ1v) is 8.53. The maximum atomic E-state index is 12.7. The topological polar surface area (TPSA) is 94.1 Å². The number of hydrogen-bond donors (Lipinski definition) is 2. The Balaban J connectivity index is 1.47. The fourth-order valence-corrected chi connectivity index (χ4v) is 2.81. The first-order valence-electron chi connectivity index (χ1n) is 8.53. The Hall–Kier alpha value is -4.07. The largest absolute Gasteiger partial charge is 0.459 e. The Labute approximate surface area is 160 Å². The van der Waals surface area contributed by atoms with Crippen LogP contribution >= 0.6 is 0 Å². The summed E-state index contributed by atoms with van der Waals surface area (Å²) in [5.74, 6) is 0.286. The standard InChI is InChI=1S/C20H17N5O3/c1-24-20(25-10-2-3-11-25)16(13-21-24)18(26)22-14-6-8-15(9-7-14)23-19(27)17-5-4-12-28-17/h2-13H,1H3,(H,22,26)(H,23,27). The van der Waals surface area contributed by atoms with E-state index in [4.69, 9.17) is 4.42 Å². The smallest absolute Gasteiger partial charge is 0.291 e. The Morgan fingerprint density at radius 1 is 0.929 bits per heavy atom. The molecule has 0 fully saturated rings. The van der Waals surface area contributed by atoms with Crippen LogP contribution in [0.15, 0.2) is 77.8 Å². The van der Waals surface area contributed by atoms with Crippen LogP contribution in [0.25, 0.3) is 5.82 Å². The zero-order valence-electron chi connectivity index (χ0n) is 15.0. The molecule has 0 saturated carbocycles. The van der Waals surface area contributed by atoms with Crippen LogP contribution in [0.2, 0.25) is 0 Å². The molecule has 0 bridgehead atoms.